The van der Waals surface area contributed by atoms with E-state index in [1.165, 1.54) is 0 Å². The maximum Gasteiger partial charge on any atom is 0.258 e. The largest absolute Gasteiger partial charge is 0.376 e. The summed E-state index contributed by atoms with van der Waals surface area (Å²) >= 11 is 6.03. The van der Waals surface area contributed by atoms with Crippen molar-refractivity contribution in [2.24, 2.45) is 0 Å². The minimum atomic E-state index is -0.211. The van der Waals surface area contributed by atoms with Gasteiger partial charge in [0.15, 0.2) is 0 Å². The fourth-order valence-electron chi connectivity index (χ4n) is 2.63. The summed E-state index contributed by atoms with van der Waals surface area (Å²) in [5.41, 5.74) is 2.71. The van der Waals surface area contributed by atoms with Gasteiger partial charge < -0.3 is 15.5 Å². The van der Waals surface area contributed by atoms with E-state index in [4.69, 9.17) is 11.6 Å². The van der Waals surface area contributed by atoms with Crippen molar-refractivity contribution in [3.63, 3.8) is 0 Å². The second kappa shape index (κ2) is 9.06. The molecule has 0 unspecified atom stereocenters. The van der Waals surface area contributed by atoms with E-state index in [-0.39, 0.29) is 18.4 Å². The van der Waals surface area contributed by atoms with Gasteiger partial charge in [-0.05, 0) is 48.5 Å². The topological polar surface area (TPSA) is 61.4 Å². The molecule has 0 aliphatic carbocycles. The van der Waals surface area contributed by atoms with Gasteiger partial charge in [0.2, 0.25) is 5.91 Å². The van der Waals surface area contributed by atoms with E-state index in [1.54, 1.807) is 60.5 Å². The lowest BCUT2D eigenvalue weighted by molar-refractivity contribution is -0.114. The molecule has 0 heterocycles. The molecule has 0 aliphatic heterocycles. The van der Waals surface area contributed by atoms with Crippen LogP contribution in [0.3, 0.4) is 0 Å². The van der Waals surface area contributed by atoms with Gasteiger partial charge in [0, 0.05) is 24.0 Å². The van der Waals surface area contributed by atoms with Gasteiger partial charge in [-0.3, -0.25) is 9.59 Å². The summed E-state index contributed by atoms with van der Waals surface area (Å²) in [4.78, 5) is 26.2. The maximum atomic E-state index is 12.6. The number of halogens is 1. The summed E-state index contributed by atoms with van der Waals surface area (Å²) in [5.74, 6) is -0.314. The average Bonchev–Trinajstić information content (AvgIpc) is 2.74. The normalized spacial score (nSPS) is 10.2. The molecule has 0 spiro atoms. The van der Waals surface area contributed by atoms with Gasteiger partial charge in [-0.2, -0.15) is 0 Å². The van der Waals surface area contributed by atoms with Crippen molar-refractivity contribution in [3.05, 3.63) is 89.4 Å². The fraction of sp³-hybridized carbons (Fsp3) is 0.0909. The SMILES string of the molecule is CN(C(=O)c1ccc(NCC(=O)Nc2ccccc2Cl)cc1)c1ccccc1. The maximum absolute atomic E-state index is 12.6. The molecule has 5 nitrogen and oxygen atoms in total. The fourth-order valence-corrected chi connectivity index (χ4v) is 2.82. The van der Waals surface area contributed by atoms with Crippen molar-refractivity contribution in [1.82, 2.24) is 0 Å². The Hall–Kier alpha value is -3.31. The van der Waals surface area contributed by atoms with Crippen LogP contribution in [0.2, 0.25) is 5.02 Å². The molecular formula is C22H20ClN3O2. The molecular weight excluding hydrogens is 374 g/mol. The number of anilines is 3. The van der Waals surface area contributed by atoms with Gasteiger partial charge in [0.05, 0.1) is 17.3 Å². The smallest absolute Gasteiger partial charge is 0.258 e. The van der Waals surface area contributed by atoms with E-state index in [9.17, 15) is 9.59 Å². The molecule has 0 aromatic heterocycles. The lowest BCUT2D eigenvalue weighted by Crippen LogP contribution is -2.26. The van der Waals surface area contributed by atoms with Crippen LogP contribution < -0.4 is 15.5 Å². The molecule has 3 aromatic carbocycles. The van der Waals surface area contributed by atoms with Crippen LogP contribution in [0.25, 0.3) is 0 Å². The molecule has 142 valence electrons. The van der Waals surface area contributed by atoms with Gasteiger partial charge in [-0.1, -0.05) is 41.9 Å². The zero-order valence-electron chi connectivity index (χ0n) is 15.4. The van der Waals surface area contributed by atoms with Gasteiger partial charge in [0.1, 0.15) is 0 Å². The Balaban J connectivity index is 1.56. The highest BCUT2D eigenvalue weighted by atomic mass is 35.5. The van der Waals surface area contributed by atoms with E-state index in [1.807, 2.05) is 30.3 Å². The van der Waals surface area contributed by atoms with E-state index in [2.05, 4.69) is 10.6 Å². The second-order valence-corrected chi connectivity index (χ2v) is 6.57. The van der Waals surface area contributed by atoms with Crippen LogP contribution in [0.5, 0.6) is 0 Å². The molecule has 0 aliphatic rings. The predicted molar refractivity (Wildman–Crippen MR) is 114 cm³/mol. The van der Waals surface area contributed by atoms with Crippen molar-refractivity contribution in [2.45, 2.75) is 0 Å². The third-order valence-corrected chi connectivity index (χ3v) is 4.51. The van der Waals surface area contributed by atoms with Gasteiger partial charge in [0.25, 0.3) is 5.91 Å². The number of nitrogens with one attached hydrogen (secondary N) is 2. The second-order valence-electron chi connectivity index (χ2n) is 6.16. The van der Waals surface area contributed by atoms with Crippen LogP contribution in [0.4, 0.5) is 17.1 Å². The predicted octanol–water partition coefficient (Wildman–Crippen LogP) is 4.67. The molecule has 0 saturated carbocycles. The standard InChI is InChI=1S/C22H20ClN3O2/c1-26(18-7-3-2-4-8-18)22(28)16-11-13-17(14-12-16)24-15-21(27)25-20-10-6-5-9-19(20)23/h2-14,24H,15H2,1H3,(H,25,27). The quantitative estimate of drug-likeness (QED) is 0.639. The summed E-state index contributed by atoms with van der Waals surface area (Å²) < 4.78 is 0. The summed E-state index contributed by atoms with van der Waals surface area (Å²) in [5, 5.41) is 6.27. The van der Waals surface area contributed by atoms with E-state index < -0.39 is 0 Å². The third kappa shape index (κ3) is 4.90. The Morgan fingerprint density at radius 2 is 1.54 bits per heavy atom. The van der Waals surface area contributed by atoms with Crippen molar-refractivity contribution in [1.29, 1.82) is 0 Å². The number of hydrogen-bond acceptors (Lipinski definition) is 3. The number of amides is 2. The molecule has 3 rings (SSSR count). The zero-order chi connectivity index (χ0) is 19.9. The monoisotopic (exact) mass is 393 g/mol. The molecule has 0 bridgehead atoms. The number of para-hydroxylation sites is 2. The molecule has 0 radical (unpaired) electrons. The molecule has 3 aromatic rings. The Labute approximate surface area is 168 Å². The molecule has 0 fully saturated rings. The van der Waals surface area contributed by atoms with Crippen LogP contribution in [0.15, 0.2) is 78.9 Å². The third-order valence-electron chi connectivity index (χ3n) is 4.18. The van der Waals surface area contributed by atoms with Gasteiger partial charge in [-0.25, -0.2) is 0 Å². The molecule has 0 atom stereocenters. The highest BCUT2D eigenvalue weighted by Gasteiger charge is 2.13. The number of nitrogens with zero attached hydrogens (tertiary/aromatic N) is 1. The lowest BCUT2D eigenvalue weighted by Gasteiger charge is -2.17. The first-order valence-electron chi connectivity index (χ1n) is 8.76. The number of benzene rings is 3. The van der Waals surface area contributed by atoms with Gasteiger partial charge >= 0.3 is 0 Å². The summed E-state index contributed by atoms with van der Waals surface area (Å²) in [6.45, 7) is 0.0857. The summed E-state index contributed by atoms with van der Waals surface area (Å²) in [6, 6.07) is 23.5. The molecule has 6 heteroatoms. The minimum Gasteiger partial charge on any atom is -0.376 e. The minimum absolute atomic E-state index is 0.0857. The van der Waals surface area contributed by atoms with Crippen LogP contribution in [0, 0.1) is 0 Å². The van der Waals surface area contributed by atoms with Crippen LogP contribution in [-0.2, 0) is 4.79 Å². The Morgan fingerprint density at radius 3 is 2.21 bits per heavy atom. The van der Waals surface area contributed by atoms with Gasteiger partial charge in [-0.15, -0.1) is 0 Å². The Kier molecular flexibility index (Phi) is 6.29. The highest BCUT2D eigenvalue weighted by Crippen LogP contribution is 2.20. The van der Waals surface area contributed by atoms with Crippen LogP contribution >= 0.6 is 11.6 Å². The first-order chi connectivity index (χ1) is 13.5. The van der Waals surface area contributed by atoms with E-state index in [0.717, 1.165) is 11.4 Å². The number of hydrogen-bond donors (Lipinski definition) is 2. The van der Waals surface area contributed by atoms with Crippen molar-refractivity contribution in [3.8, 4) is 0 Å². The molecule has 2 N–H and O–H groups in total. The lowest BCUT2D eigenvalue weighted by atomic mass is 10.1. The summed E-state index contributed by atoms with van der Waals surface area (Å²) in [6.07, 6.45) is 0. The molecule has 2 amide bonds. The van der Waals surface area contributed by atoms with Crippen LogP contribution in [0.1, 0.15) is 10.4 Å². The average molecular weight is 394 g/mol. The molecule has 28 heavy (non-hydrogen) atoms. The number of carbonyl (C=O) groups excluding carboxylic acids is 2. The number of rotatable bonds is 6. The van der Waals surface area contributed by atoms with E-state index >= 15 is 0 Å². The highest BCUT2D eigenvalue weighted by molar-refractivity contribution is 6.33. The Bertz CT molecular complexity index is 959. The van der Waals surface area contributed by atoms with Crippen molar-refractivity contribution >= 4 is 40.5 Å². The van der Waals surface area contributed by atoms with Crippen molar-refractivity contribution in [2.75, 3.05) is 29.1 Å². The Morgan fingerprint density at radius 1 is 0.893 bits per heavy atom. The summed E-state index contributed by atoms with van der Waals surface area (Å²) in [7, 11) is 1.74. The first kappa shape index (κ1) is 19.5. The van der Waals surface area contributed by atoms with E-state index in [0.29, 0.717) is 16.3 Å². The van der Waals surface area contributed by atoms with Crippen molar-refractivity contribution < 1.29 is 9.59 Å². The first-order valence-corrected chi connectivity index (χ1v) is 9.14. The van der Waals surface area contributed by atoms with Crippen LogP contribution in [-0.4, -0.2) is 25.4 Å². The number of carbonyl (C=O) groups is 2. The zero-order valence-corrected chi connectivity index (χ0v) is 16.1. The molecule has 0 saturated heterocycles.